The van der Waals surface area contributed by atoms with Gasteiger partial charge in [0.25, 0.3) is 15.9 Å². The third-order valence-electron chi connectivity index (χ3n) is 6.87. The van der Waals surface area contributed by atoms with Crippen molar-refractivity contribution in [3.63, 3.8) is 0 Å². The Morgan fingerprint density at radius 1 is 1.06 bits per heavy atom. The molecule has 1 aromatic heterocycles. The maximum absolute atomic E-state index is 14.0. The van der Waals surface area contributed by atoms with Crippen LogP contribution in [0.3, 0.4) is 0 Å². The quantitative estimate of drug-likeness (QED) is 0.595. The van der Waals surface area contributed by atoms with Gasteiger partial charge in [0.1, 0.15) is 17.2 Å². The molecule has 2 heterocycles. The van der Waals surface area contributed by atoms with Crippen molar-refractivity contribution >= 4 is 15.9 Å². The number of rotatable bonds is 6. The summed E-state index contributed by atoms with van der Waals surface area (Å²) in [6, 6.07) is 3.08. The van der Waals surface area contributed by atoms with Gasteiger partial charge in [0, 0.05) is 64.3 Å². The summed E-state index contributed by atoms with van der Waals surface area (Å²) in [6.45, 7) is 0.645. The van der Waals surface area contributed by atoms with Crippen LogP contribution in [0.2, 0.25) is 0 Å². The van der Waals surface area contributed by atoms with E-state index >= 15 is 0 Å². The maximum atomic E-state index is 14.0. The first-order valence-corrected chi connectivity index (χ1v) is 12.7. The monoisotopic (exact) mass is 517 g/mol. The number of nitrogens with one attached hydrogen (secondary N) is 1. The third-order valence-corrected chi connectivity index (χ3v) is 8.66. The third kappa shape index (κ3) is 5.21. The molecular formula is C22H27F4N5O3S. The molecule has 4 rings (SSSR count). The average molecular weight is 518 g/mol. The second-order valence-electron chi connectivity index (χ2n) is 9.13. The minimum atomic E-state index is -3.80. The Hall–Kier alpha value is -2.51. The minimum absolute atomic E-state index is 0.0486. The molecule has 1 aromatic carbocycles. The largest absolute Gasteiger partial charge is 0.350 e. The highest BCUT2D eigenvalue weighted by atomic mass is 32.2. The number of halogens is 4. The van der Waals surface area contributed by atoms with Gasteiger partial charge < -0.3 is 9.88 Å². The number of sulfonamides is 1. The molecule has 1 N–H and O–H groups in total. The number of hydrogen-bond donors (Lipinski definition) is 1. The van der Waals surface area contributed by atoms with Crippen LogP contribution in [0.1, 0.15) is 36.0 Å². The lowest BCUT2D eigenvalue weighted by molar-refractivity contribution is -0.0856. The molecule has 2 aromatic rings. The lowest BCUT2D eigenvalue weighted by atomic mass is 9.78. The van der Waals surface area contributed by atoms with Crippen molar-refractivity contribution in [3.05, 3.63) is 47.9 Å². The van der Waals surface area contributed by atoms with Crippen LogP contribution in [0.5, 0.6) is 0 Å². The first kappa shape index (κ1) is 25.6. The predicted molar refractivity (Wildman–Crippen MR) is 118 cm³/mol. The number of alkyl halides is 2. The van der Waals surface area contributed by atoms with Gasteiger partial charge in [-0.2, -0.15) is 4.31 Å². The summed E-state index contributed by atoms with van der Waals surface area (Å²) in [5, 5.41) is 2.47. The van der Waals surface area contributed by atoms with Crippen molar-refractivity contribution in [1.29, 1.82) is 0 Å². The van der Waals surface area contributed by atoms with E-state index in [0.29, 0.717) is 0 Å². The first-order valence-electron chi connectivity index (χ1n) is 11.3. The van der Waals surface area contributed by atoms with E-state index in [2.05, 4.69) is 10.3 Å². The van der Waals surface area contributed by atoms with Crippen molar-refractivity contribution in [2.24, 2.45) is 7.05 Å². The number of imidazole rings is 1. The van der Waals surface area contributed by atoms with E-state index in [1.54, 1.807) is 7.05 Å². The number of piperazine rings is 1. The van der Waals surface area contributed by atoms with E-state index in [1.165, 1.54) is 21.4 Å². The zero-order chi connectivity index (χ0) is 25.4. The van der Waals surface area contributed by atoms with Crippen molar-refractivity contribution < 1.29 is 30.8 Å². The number of carbonyl (C=O) groups excluding carboxylic acids is 1. The van der Waals surface area contributed by atoms with E-state index in [0.717, 1.165) is 18.2 Å². The number of benzene rings is 1. The van der Waals surface area contributed by atoms with Gasteiger partial charge in [0.2, 0.25) is 5.92 Å². The summed E-state index contributed by atoms with van der Waals surface area (Å²) in [7, 11) is -2.14. The summed E-state index contributed by atoms with van der Waals surface area (Å²) >= 11 is 0. The van der Waals surface area contributed by atoms with Gasteiger partial charge in [-0.15, -0.1) is 0 Å². The van der Waals surface area contributed by atoms with Crippen LogP contribution in [0.4, 0.5) is 17.6 Å². The molecule has 1 saturated heterocycles. The fraction of sp³-hybridized carbons (Fsp3) is 0.545. The molecule has 0 bridgehead atoms. The SMILES string of the molecule is Cn1cnc(S(=O)(=O)N2CCN(C3(CNC(=O)c4c(F)cccc4F)CCC(F)(F)CC3)CC2)c1. The number of aromatic nitrogens is 2. The Bertz CT molecular complexity index is 1170. The van der Waals surface area contributed by atoms with Crippen molar-refractivity contribution in [3.8, 4) is 0 Å². The molecule has 13 heteroatoms. The number of amides is 1. The van der Waals surface area contributed by atoms with Crippen LogP contribution < -0.4 is 5.32 Å². The summed E-state index contributed by atoms with van der Waals surface area (Å²) in [5.41, 5.74) is -1.62. The predicted octanol–water partition coefficient (Wildman–Crippen LogP) is 2.38. The molecule has 8 nitrogen and oxygen atoms in total. The Morgan fingerprint density at radius 3 is 2.20 bits per heavy atom. The zero-order valence-corrected chi connectivity index (χ0v) is 20.0. The van der Waals surface area contributed by atoms with E-state index in [4.69, 9.17) is 0 Å². The van der Waals surface area contributed by atoms with Gasteiger partial charge >= 0.3 is 0 Å². The second-order valence-corrected chi connectivity index (χ2v) is 11.0. The van der Waals surface area contributed by atoms with E-state index in [1.807, 2.05) is 4.90 Å². The lowest BCUT2D eigenvalue weighted by Crippen LogP contribution is -2.63. The normalized spacial score (nSPS) is 21.1. The van der Waals surface area contributed by atoms with Crippen LogP contribution in [0.15, 0.2) is 35.7 Å². The molecule has 2 fully saturated rings. The highest BCUT2D eigenvalue weighted by Crippen LogP contribution is 2.42. The molecule has 0 unspecified atom stereocenters. The molecule has 1 amide bonds. The molecule has 1 aliphatic heterocycles. The van der Waals surface area contributed by atoms with Crippen LogP contribution in [-0.4, -0.2) is 77.3 Å². The van der Waals surface area contributed by atoms with Crippen LogP contribution in [-0.2, 0) is 17.1 Å². The highest BCUT2D eigenvalue weighted by Gasteiger charge is 2.48. The first-order chi connectivity index (χ1) is 16.4. The molecule has 0 atom stereocenters. The molecule has 1 aliphatic carbocycles. The molecule has 192 valence electrons. The van der Waals surface area contributed by atoms with Crippen LogP contribution in [0.25, 0.3) is 0 Å². The maximum Gasteiger partial charge on any atom is 0.262 e. The van der Waals surface area contributed by atoms with Crippen molar-refractivity contribution in [2.45, 2.75) is 42.2 Å². The Labute approximate surface area is 201 Å². The Kier molecular flexibility index (Phi) is 6.95. The van der Waals surface area contributed by atoms with Crippen molar-refractivity contribution in [2.75, 3.05) is 32.7 Å². The fourth-order valence-corrected chi connectivity index (χ4v) is 6.18. The highest BCUT2D eigenvalue weighted by molar-refractivity contribution is 7.89. The molecule has 35 heavy (non-hydrogen) atoms. The van der Waals surface area contributed by atoms with Gasteiger partial charge in [-0.25, -0.2) is 31.0 Å². The number of carbonyl (C=O) groups is 1. The standard InChI is InChI=1S/C22H27F4N5O3S/c1-29-13-18(28-15-29)35(33,34)31-11-9-30(10-12-31)21(5-7-22(25,26)8-6-21)14-27-20(32)19-16(23)3-2-4-17(19)24/h2-4,13,15H,5-12,14H2,1H3,(H,27,32). The summed E-state index contributed by atoms with van der Waals surface area (Å²) < 4.78 is 84.7. The fourth-order valence-electron chi connectivity index (χ4n) is 4.79. The van der Waals surface area contributed by atoms with Gasteiger partial charge in [-0.1, -0.05) is 6.07 Å². The molecular weight excluding hydrogens is 490 g/mol. The Balaban J connectivity index is 1.49. The van der Waals surface area contributed by atoms with Gasteiger partial charge in [-0.3, -0.25) is 9.69 Å². The van der Waals surface area contributed by atoms with Gasteiger partial charge in [0.15, 0.2) is 5.03 Å². The van der Waals surface area contributed by atoms with E-state index in [9.17, 15) is 30.8 Å². The average Bonchev–Trinajstić information content (AvgIpc) is 3.26. The van der Waals surface area contributed by atoms with Gasteiger partial charge in [0.05, 0.1) is 6.33 Å². The summed E-state index contributed by atoms with van der Waals surface area (Å²) in [5.74, 6) is -5.83. The Morgan fingerprint density at radius 2 is 1.66 bits per heavy atom. The zero-order valence-electron chi connectivity index (χ0n) is 19.2. The van der Waals surface area contributed by atoms with Crippen molar-refractivity contribution in [1.82, 2.24) is 24.1 Å². The molecule has 0 spiro atoms. The molecule has 0 radical (unpaired) electrons. The number of nitrogens with zero attached hydrogens (tertiary/aromatic N) is 4. The topological polar surface area (TPSA) is 87.5 Å². The number of hydrogen-bond acceptors (Lipinski definition) is 5. The van der Waals surface area contributed by atoms with E-state index in [-0.39, 0.29) is 50.6 Å². The molecule has 1 saturated carbocycles. The summed E-state index contributed by atoms with van der Waals surface area (Å²) in [4.78, 5) is 18.4. The number of aryl methyl sites for hydroxylation is 1. The smallest absolute Gasteiger partial charge is 0.262 e. The van der Waals surface area contributed by atoms with Gasteiger partial charge in [-0.05, 0) is 25.0 Å². The van der Waals surface area contributed by atoms with E-state index < -0.39 is 57.4 Å². The summed E-state index contributed by atoms with van der Waals surface area (Å²) in [6.07, 6.45) is 2.10. The molecule has 2 aliphatic rings. The second kappa shape index (κ2) is 9.51. The lowest BCUT2D eigenvalue weighted by Gasteiger charge is -2.50. The van der Waals surface area contributed by atoms with Crippen LogP contribution in [0, 0.1) is 11.6 Å². The van der Waals surface area contributed by atoms with Crippen LogP contribution >= 0.6 is 0 Å². The minimum Gasteiger partial charge on any atom is -0.350 e.